The number of ether oxygens (including phenoxy) is 1. The number of hydrogen-bond donors (Lipinski definition) is 0. The van der Waals surface area contributed by atoms with Crippen LogP contribution >= 0.6 is 11.3 Å². The van der Waals surface area contributed by atoms with E-state index in [0.717, 1.165) is 35.0 Å². The highest BCUT2D eigenvalue weighted by Gasteiger charge is 2.27. The van der Waals surface area contributed by atoms with Crippen molar-refractivity contribution >= 4 is 21.4 Å². The molecule has 6 nitrogen and oxygen atoms in total. The van der Waals surface area contributed by atoms with Crippen molar-refractivity contribution in [2.24, 2.45) is 0 Å². The smallest absolute Gasteiger partial charge is 0.243 e. The lowest BCUT2D eigenvalue weighted by Crippen LogP contribution is -2.35. The van der Waals surface area contributed by atoms with Crippen LogP contribution in [0.1, 0.15) is 12.1 Å². The predicted octanol–water partition coefficient (Wildman–Crippen LogP) is 3.85. The summed E-state index contributed by atoms with van der Waals surface area (Å²) >= 11 is 1.57. The van der Waals surface area contributed by atoms with Crippen LogP contribution in [0.15, 0.2) is 58.8 Å². The highest BCUT2D eigenvalue weighted by Crippen LogP contribution is 2.32. The first kappa shape index (κ1) is 21.9. The zero-order valence-electron chi connectivity index (χ0n) is 17.2. The van der Waals surface area contributed by atoms with Crippen LogP contribution < -0.4 is 4.74 Å². The topological polar surface area (TPSA) is 62.7 Å². The zero-order chi connectivity index (χ0) is 21.8. The number of hydrogen-bond acceptors (Lipinski definition) is 6. The second-order valence-corrected chi connectivity index (χ2v) is 10.1. The summed E-state index contributed by atoms with van der Waals surface area (Å²) in [5.74, 6) is 0.344. The molecule has 1 aromatic heterocycles. The lowest BCUT2D eigenvalue weighted by Gasteiger charge is -2.21. The van der Waals surface area contributed by atoms with Crippen molar-refractivity contribution in [2.75, 3.05) is 33.3 Å². The molecule has 1 saturated heterocycles. The Labute approximate surface area is 186 Å². The van der Waals surface area contributed by atoms with Gasteiger partial charge in [0.25, 0.3) is 0 Å². The van der Waals surface area contributed by atoms with E-state index in [1.807, 2.05) is 29.6 Å². The molecular weight excluding hydrogens is 437 g/mol. The van der Waals surface area contributed by atoms with Gasteiger partial charge < -0.3 is 4.74 Å². The number of thiazole rings is 1. The second-order valence-electron chi connectivity index (χ2n) is 7.33. The van der Waals surface area contributed by atoms with Crippen molar-refractivity contribution in [1.82, 2.24) is 14.2 Å². The standard InChI is InChI=1S/C22H24FN3O3S2/c1-29-21-6-3-2-5-20(21)22-24-18(16-30-22)15-25-11-4-12-26(14-13-25)31(27,28)19-9-7-17(23)8-10-19/h2-3,5-10,16H,4,11-15H2,1H3. The molecule has 2 heterocycles. The lowest BCUT2D eigenvalue weighted by molar-refractivity contribution is 0.276. The molecule has 0 bridgehead atoms. The number of nitrogens with zero attached hydrogens (tertiary/aromatic N) is 3. The van der Waals surface area contributed by atoms with E-state index >= 15 is 0 Å². The van der Waals surface area contributed by atoms with Crippen LogP contribution in [0.25, 0.3) is 10.6 Å². The van der Waals surface area contributed by atoms with Gasteiger partial charge in [0.15, 0.2) is 0 Å². The lowest BCUT2D eigenvalue weighted by atomic mass is 10.2. The van der Waals surface area contributed by atoms with Crippen LogP contribution in [0.5, 0.6) is 5.75 Å². The first-order valence-electron chi connectivity index (χ1n) is 10.0. The van der Waals surface area contributed by atoms with Gasteiger partial charge in [-0.15, -0.1) is 11.3 Å². The third-order valence-corrected chi connectivity index (χ3v) is 8.11. The SMILES string of the molecule is COc1ccccc1-c1nc(CN2CCCN(S(=O)(=O)c3ccc(F)cc3)CC2)cs1. The molecule has 1 aliphatic rings. The fourth-order valence-electron chi connectivity index (χ4n) is 3.66. The molecule has 0 atom stereocenters. The predicted molar refractivity (Wildman–Crippen MR) is 119 cm³/mol. The molecule has 1 aliphatic heterocycles. The third kappa shape index (κ3) is 4.95. The summed E-state index contributed by atoms with van der Waals surface area (Å²) in [6.45, 7) is 2.90. The number of para-hydroxylation sites is 1. The summed E-state index contributed by atoms with van der Waals surface area (Å²) < 4.78 is 45.9. The molecule has 31 heavy (non-hydrogen) atoms. The molecule has 9 heteroatoms. The third-order valence-electron chi connectivity index (χ3n) is 5.27. The molecule has 0 amide bonds. The Morgan fingerprint density at radius 3 is 2.61 bits per heavy atom. The molecular formula is C22H24FN3O3S2. The highest BCUT2D eigenvalue weighted by molar-refractivity contribution is 7.89. The van der Waals surface area contributed by atoms with Crippen molar-refractivity contribution in [3.63, 3.8) is 0 Å². The maximum Gasteiger partial charge on any atom is 0.243 e. The van der Waals surface area contributed by atoms with Gasteiger partial charge in [-0.2, -0.15) is 4.31 Å². The van der Waals surface area contributed by atoms with Crippen molar-refractivity contribution < 1.29 is 17.5 Å². The largest absolute Gasteiger partial charge is 0.496 e. The summed E-state index contributed by atoms with van der Waals surface area (Å²) in [5, 5.41) is 2.95. The maximum atomic E-state index is 13.2. The average Bonchev–Trinajstić information content (AvgIpc) is 3.10. The number of methoxy groups -OCH3 is 1. The normalized spacial score (nSPS) is 16.2. The van der Waals surface area contributed by atoms with Crippen LogP contribution in [0.3, 0.4) is 0 Å². The van der Waals surface area contributed by atoms with Gasteiger partial charge in [0.05, 0.1) is 23.3 Å². The molecule has 0 saturated carbocycles. The molecule has 0 radical (unpaired) electrons. The van der Waals surface area contributed by atoms with Crippen LogP contribution in [0.4, 0.5) is 4.39 Å². The Hall–Kier alpha value is -2.33. The molecule has 3 aromatic rings. The van der Waals surface area contributed by atoms with Crippen LogP contribution in [-0.2, 0) is 16.6 Å². The number of rotatable bonds is 6. The van der Waals surface area contributed by atoms with Crippen molar-refractivity contribution in [2.45, 2.75) is 17.9 Å². The Morgan fingerprint density at radius 1 is 1.06 bits per heavy atom. The van der Waals surface area contributed by atoms with Gasteiger partial charge in [-0.05, 0) is 49.4 Å². The van der Waals surface area contributed by atoms with Gasteiger partial charge in [-0.25, -0.2) is 17.8 Å². The van der Waals surface area contributed by atoms with E-state index < -0.39 is 15.8 Å². The molecule has 0 spiro atoms. The number of benzene rings is 2. The Bertz CT molecular complexity index is 1130. The summed E-state index contributed by atoms with van der Waals surface area (Å²) in [6, 6.07) is 12.8. The summed E-state index contributed by atoms with van der Waals surface area (Å²) in [5.41, 5.74) is 1.93. The van der Waals surface area contributed by atoms with Crippen LogP contribution in [0.2, 0.25) is 0 Å². The second kappa shape index (κ2) is 9.44. The van der Waals surface area contributed by atoms with E-state index in [9.17, 15) is 12.8 Å². The number of halogens is 1. The Morgan fingerprint density at radius 2 is 1.84 bits per heavy atom. The number of sulfonamides is 1. The fourth-order valence-corrected chi connectivity index (χ4v) is 5.97. The quantitative estimate of drug-likeness (QED) is 0.558. The maximum absolute atomic E-state index is 13.2. The average molecular weight is 462 g/mol. The van der Waals surface area contributed by atoms with E-state index in [-0.39, 0.29) is 4.90 Å². The first-order valence-corrected chi connectivity index (χ1v) is 12.4. The molecule has 0 unspecified atom stereocenters. The van der Waals surface area contributed by atoms with Crippen LogP contribution in [-0.4, -0.2) is 55.9 Å². The van der Waals surface area contributed by atoms with Gasteiger partial charge in [-0.1, -0.05) is 12.1 Å². The van der Waals surface area contributed by atoms with Gasteiger partial charge in [0.2, 0.25) is 10.0 Å². The Kier molecular flexibility index (Phi) is 6.66. The molecule has 1 fully saturated rings. The van der Waals surface area contributed by atoms with Crippen molar-refractivity contribution in [3.8, 4) is 16.3 Å². The van der Waals surface area contributed by atoms with Gasteiger partial charge in [0, 0.05) is 31.6 Å². The number of aromatic nitrogens is 1. The first-order chi connectivity index (χ1) is 15.0. The molecule has 2 aromatic carbocycles. The molecule has 0 aliphatic carbocycles. The van der Waals surface area contributed by atoms with E-state index in [0.29, 0.717) is 26.2 Å². The molecule has 0 N–H and O–H groups in total. The van der Waals surface area contributed by atoms with Gasteiger partial charge >= 0.3 is 0 Å². The van der Waals surface area contributed by atoms with Gasteiger partial charge in [-0.3, -0.25) is 4.90 Å². The van der Waals surface area contributed by atoms with E-state index in [4.69, 9.17) is 9.72 Å². The fraction of sp³-hybridized carbons (Fsp3) is 0.318. The minimum Gasteiger partial charge on any atom is -0.496 e. The minimum absolute atomic E-state index is 0.128. The minimum atomic E-state index is -3.63. The summed E-state index contributed by atoms with van der Waals surface area (Å²) in [7, 11) is -1.98. The van der Waals surface area contributed by atoms with Gasteiger partial charge in [0.1, 0.15) is 16.6 Å². The molecule has 164 valence electrons. The summed E-state index contributed by atoms with van der Waals surface area (Å²) in [4.78, 5) is 7.12. The molecule has 4 rings (SSSR count). The van der Waals surface area contributed by atoms with Crippen molar-refractivity contribution in [1.29, 1.82) is 0 Å². The summed E-state index contributed by atoms with van der Waals surface area (Å²) in [6.07, 6.45) is 0.726. The van der Waals surface area contributed by atoms with Crippen molar-refractivity contribution in [3.05, 3.63) is 65.4 Å². The monoisotopic (exact) mass is 461 g/mol. The van der Waals surface area contributed by atoms with E-state index in [1.54, 1.807) is 18.4 Å². The highest BCUT2D eigenvalue weighted by atomic mass is 32.2. The Balaban J connectivity index is 1.42. The van der Waals surface area contributed by atoms with E-state index in [2.05, 4.69) is 4.90 Å². The zero-order valence-corrected chi connectivity index (χ0v) is 18.8. The van der Waals surface area contributed by atoms with Crippen LogP contribution in [0, 0.1) is 5.82 Å². The van der Waals surface area contributed by atoms with E-state index in [1.165, 1.54) is 28.6 Å².